The molecule has 3 fully saturated rings. The van der Waals surface area contributed by atoms with E-state index in [0.29, 0.717) is 87.2 Å². The first-order valence-corrected chi connectivity index (χ1v) is 17.7. The molecule has 272 valence electrons. The van der Waals surface area contributed by atoms with Crippen LogP contribution in [0, 0.1) is 17.0 Å². The molecule has 3 aliphatic heterocycles. The molecule has 0 radical (unpaired) electrons. The summed E-state index contributed by atoms with van der Waals surface area (Å²) in [5, 5.41) is 18.9. The van der Waals surface area contributed by atoms with Gasteiger partial charge in [0, 0.05) is 89.3 Å². The fraction of sp³-hybridized carbons (Fsp3) is 0.432. The van der Waals surface area contributed by atoms with E-state index in [0.717, 1.165) is 30.3 Å². The number of hydrogen-bond donors (Lipinski definition) is 2. The van der Waals surface area contributed by atoms with Crippen LogP contribution >= 0.6 is 0 Å². The fourth-order valence-electron chi connectivity index (χ4n) is 7.85. The van der Waals surface area contributed by atoms with E-state index in [2.05, 4.69) is 14.5 Å². The number of ether oxygens (including phenoxy) is 1. The highest BCUT2D eigenvalue weighted by Crippen LogP contribution is 2.42. The number of nitrogens with zero attached hydrogens (tertiary/aromatic N) is 7. The number of anilines is 2. The van der Waals surface area contributed by atoms with Crippen molar-refractivity contribution in [1.29, 1.82) is 5.41 Å². The SMILES string of the molecule is CN=C(CC(=N)N1CCN(c2cc3c(cc2F)c(=O)ccn3C2CC2)CC1)N1CCN(c2c(F)cc3c(=O)c(C(=O)O)cn4c3c2OCC4C)CC1. The topological polar surface area (TPSA) is 140 Å². The summed E-state index contributed by atoms with van der Waals surface area (Å²) >= 11 is 0. The number of carbonyl (C=O) groups is 1. The molecule has 4 aromatic rings. The normalized spacial score (nSPS) is 19.4. The van der Waals surface area contributed by atoms with Crippen LogP contribution in [-0.4, -0.2) is 108 Å². The maximum Gasteiger partial charge on any atom is 0.341 e. The summed E-state index contributed by atoms with van der Waals surface area (Å²) in [5.74, 6) is -1.04. The number of amidine groups is 2. The van der Waals surface area contributed by atoms with Crippen LogP contribution in [0.3, 0.4) is 0 Å². The molecule has 0 bridgehead atoms. The second-order valence-corrected chi connectivity index (χ2v) is 14.0. The lowest BCUT2D eigenvalue weighted by Crippen LogP contribution is -2.52. The Morgan fingerprint density at radius 3 is 2.29 bits per heavy atom. The zero-order valence-electron chi connectivity index (χ0n) is 29.1. The second-order valence-electron chi connectivity index (χ2n) is 14.0. The van der Waals surface area contributed by atoms with Gasteiger partial charge in [0.25, 0.3) is 0 Å². The Balaban J connectivity index is 0.929. The number of carboxylic acids is 1. The molecule has 2 N–H and O–H groups in total. The maximum absolute atomic E-state index is 15.8. The van der Waals surface area contributed by atoms with Gasteiger partial charge < -0.3 is 38.6 Å². The van der Waals surface area contributed by atoms with Gasteiger partial charge in [0.1, 0.15) is 35.3 Å². The number of piperazine rings is 2. The van der Waals surface area contributed by atoms with Crippen LogP contribution < -0.4 is 25.4 Å². The first-order chi connectivity index (χ1) is 25.0. The van der Waals surface area contributed by atoms with E-state index in [1.165, 1.54) is 18.3 Å². The molecule has 1 saturated carbocycles. The second kappa shape index (κ2) is 12.9. The Bertz CT molecular complexity index is 2280. The zero-order valence-corrected chi connectivity index (χ0v) is 29.1. The van der Waals surface area contributed by atoms with Gasteiger partial charge in [0.2, 0.25) is 5.43 Å². The summed E-state index contributed by atoms with van der Waals surface area (Å²) in [6.07, 6.45) is 5.53. The van der Waals surface area contributed by atoms with Gasteiger partial charge in [-0.2, -0.15) is 0 Å². The molecule has 4 aliphatic rings. The Labute approximate surface area is 297 Å². The van der Waals surface area contributed by atoms with Crippen LogP contribution in [0.2, 0.25) is 0 Å². The van der Waals surface area contributed by atoms with Gasteiger partial charge in [-0.25, -0.2) is 13.6 Å². The smallest absolute Gasteiger partial charge is 0.341 e. The van der Waals surface area contributed by atoms with Crippen LogP contribution in [-0.2, 0) is 0 Å². The number of benzene rings is 2. The van der Waals surface area contributed by atoms with E-state index in [1.54, 1.807) is 23.9 Å². The predicted octanol–water partition coefficient (Wildman–Crippen LogP) is 3.92. The molecule has 15 heteroatoms. The molecule has 1 aliphatic carbocycles. The largest absolute Gasteiger partial charge is 0.487 e. The fourth-order valence-corrected chi connectivity index (χ4v) is 7.85. The highest BCUT2D eigenvalue weighted by atomic mass is 19.1. The van der Waals surface area contributed by atoms with E-state index >= 15 is 8.78 Å². The van der Waals surface area contributed by atoms with Gasteiger partial charge >= 0.3 is 5.97 Å². The van der Waals surface area contributed by atoms with Crippen LogP contribution in [0.15, 0.2) is 51.2 Å². The predicted molar refractivity (Wildman–Crippen MR) is 195 cm³/mol. The van der Waals surface area contributed by atoms with Crippen molar-refractivity contribution in [3.05, 3.63) is 74.3 Å². The first kappa shape index (κ1) is 33.7. The number of nitrogens with one attached hydrogen (secondary N) is 1. The van der Waals surface area contributed by atoms with E-state index < -0.39 is 28.6 Å². The van der Waals surface area contributed by atoms with Crippen molar-refractivity contribution in [2.24, 2.45) is 4.99 Å². The molecular weight excluding hydrogens is 674 g/mol. The molecule has 1 unspecified atom stereocenters. The molecule has 52 heavy (non-hydrogen) atoms. The number of aliphatic imine (C=N–C) groups is 1. The molecule has 0 amide bonds. The minimum absolute atomic E-state index is 0.0250. The van der Waals surface area contributed by atoms with Gasteiger partial charge in [-0.1, -0.05) is 0 Å². The average Bonchev–Trinajstić information content (AvgIpc) is 3.99. The van der Waals surface area contributed by atoms with Crippen LogP contribution in [0.25, 0.3) is 21.8 Å². The molecule has 1 atom stereocenters. The lowest BCUT2D eigenvalue weighted by atomic mass is 10.1. The Hall–Kier alpha value is -5.47. The summed E-state index contributed by atoms with van der Waals surface area (Å²) in [6, 6.07) is 5.88. The van der Waals surface area contributed by atoms with Crippen molar-refractivity contribution in [2.75, 3.05) is 75.8 Å². The van der Waals surface area contributed by atoms with E-state index in [1.807, 2.05) is 21.6 Å². The molecular formula is C37H40F2N8O5. The molecule has 0 spiro atoms. The summed E-state index contributed by atoms with van der Waals surface area (Å²) in [7, 11) is 1.70. The Kier molecular flexibility index (Phi) is 8.38. The van der Waals surface area contributed by atoms with Crippen LogP contribution in [0.5, 0.6) is 5.75 Å². The van der Waals surface area contributed by atoms with Gasteiger partial charge in [-0.3, -0.25) is 20.0 Å². The van der Waals surface area contributed by atoms with E-state index in [9.17, 15) is 19.5 Å². The van der Waals surface area contributed by atoms with Crippen molar-refractivity contribution in [2.45, 2.75) is 38.3 Å². The monoisotopic (exact) mass is 714 g/mol. The van der Waals surface area contributed by atoms with E-state index in [4.69, 9.17) is 10.1 Å². The minimum Gasteiger partial charge on any atom is -0.487 e. The molecule has 2 aromatic carbocycles. The number of hydrogen-bond acceptors (Lipinski definition) is 8. The highest BCUT2D eigenvalue weighted by molar-refractivity contribution is 6.01. The van der Waals surface area contributed by atoms with Crippen LogP contribution in [0.1, 0.15) is 48.6 Å². The molecule has 13 nitrogen and oxygen atoms in total. The van der Waals surface area contributed by atoms with Gasteiger partial charge in [-0.05, 0) is 38.0 Å². The lowest BCUT2D eigenvalue weighted by molar-refractivity contribution is 0.0694. The third-order valence-electron chi connectivity index (χ3n) is 10.9. The van der Waals surface area contributed by atoms with Crippen LogP contribution in [0.4, 0.5) is 20.2 Å². The minimum atomic E-state index is -1.36. The van der Waals surface area contributed by atoms with Gasteiger partial charge in [0.05, 0.1) is 34.6 Å². The van der Waals surface area contributed by atoms with Crippen molar-refractivity contribution >= 4 is 50.8 Å². The van der Waals surface area contributed by atoms with Crippen molar-refractivity contribution in [1.82, 2.24) is 18.9 Å². The number of aromatic carboxylic acids is 1. The number of aromatic nitrogens is 2. The third-order valence-corrected chi connectivity index (χ3v) is 10.9. The lowest BCUT2D eigenvalue weighted by Gasteiger charge is -2.40. The molecule has 8 rings (SSSR count). The summed E-state index contributed by atoms with van der Waals surface area (Å²) in [4.78, 5) is 49.7. The van der Waals surface area contributed by atoms with Crippen molar-refractivity contribution in [3.63, 3.8) is 0 Å². The van der Waals surface area contributed by atoms with Crippen molar-refractivity contribution in [3.8, 4) is 5.75 Å². The number of fused-ring (bicyclic) bond motifs is 1. The molecule has 2 saturated heterocycles. The maximum atomic E-state index is 15.8. The number of pyridine rings is 2. The molecule has 5 heterocycles. The first-order valence-electron chi connectivity index (χ1n) is 17.7. The number of halogens is 2. The summed E-state index contributed by atoms with van der Waals surface area (Å²) in [6.45, 7) is 6.05. The van der Waals surface area contributed by atoms with Crippen molar-refractivity contribution < 1.29 is 23.4 Å². The zero-order chi connectivity index (χ0) is 36.4. The number of carboxylic acid groups (broad SMARTS) is 1. The van der Waals surface area contributed by atoms with Gasteiger partial charge in [-0.15, -0.1) is 0 Å². The van der Waals surface area contributed by atoms with E-state index in [-0.39, 0.29) is 34.9 Å². The number of rotatable bonds is 6. The Morgan fingerprint density at radius 2 is 1.62 bits per heavy atom. The molecule has 2 aromatic heterocycles. The quantitative estimate of drug-likeness (QED) is 0.225. The summed E-state index contributed by atoms with van der Waals surface area (Å²) in [5.41, 5.74) is 0.513. The third kappa shape index (κ3) is 5.71. The summed E-state index contributed by atoms with van der Waals surface area (Å²) < 4.78 is 40.9. The average molecular weight is 715 g/mol. The standard InChI is InChI=1S/C37H40F2N8O5/c1-21-20-52-36-33-24(35(49)25(37(50)51)19-47(21)33)16-27(39)34(36)45-13-11-44(12-14-45)32(41-2)18-31(40)43-9-7-42(8-10-43)29-17-28-23(15-26(29)38)30(48)5-6-46(28)22-3-4-22/h5-6,15-17,19,21-22,40H,3-4,7-14,18,20H2,1-2H3,(H,50,51). The van der Waals surface area contributed by atoms with Gasteiger partial charge in [0.15, 0.2) is 17.0 Å². The Morgan fingerprint density at radius 1 is 0.942 bits per heavy atom. The highest BCUT2D eigenvalue weighted by Gasteiger charge is 2.33.